The fourth-order valence-corrected chi connectivity index (χ4v) is 0.961. The van der Waals surface area contributed by atoms with Crippen molar-refractivity contribution in [3.63, 3.8) is 0 Å². The molecule has 0 aliphatic heterocycles. The Morgan fingerprint density at radius 1 is 0.833 bits per heavy atom. The molecule has 1 aromatic rings. The van der Waals surface area contributed by atoms with Crippen LogP contribution in [0, 0.1) is 30.3 Å². The molecular weight excluding hydrogens is 304 g/mol. The van der Waals surface area contributed by atoms with Crippen molar-refractivity contribution in [3.05, 3.63) is 42.5 Å². The van der Waals surface area contributed by atoms with Crippen LogP contribution in [0.25, 0.3) is 0 Å². The van der Waals surface area contributed by atoms with E-state index in [2.05, 4.69) is 0 Å². The van der Waals surface area contributed by atoms with Crippen molar-refractivity contribution in [2.45, 2.75) is 0 Å². The van der Waals surface area contributed by atoms with Gasteiger partial charge in [0.2, 0.25) is 0 Å². The van der Waals surface area contributed by atoms with Gasteiger partial charge in [0.1, 0.15) is 0 Å². The first-order valence-corrected chi connectivity index (χ1v) is 3.63. The molecule has 0 atom stereocenters. The van der Waals surface area contributed by atoms with Crippen molar-refractivity contribution in [1.29, 1.82) is 0 Å². The van der Waals surface area contributed by atoms with Crippen LogP contribution in [0.1, 0.15) is 1.43 Å². The van der Waals surface area contributed by atoms with Crippen molar-refractivity contribution in [1.82, 2.24) is 0 Å². The van der Waals surface area contributed by atoms with Crippen LogP contribution in [0.15, 0.2) is 12.1 Å². The summed E-state index contributed by atoms with van der Waals surface area (Å²) in [5.74, 6) is -1.46. The Labute approximate surface area is 186 Å². The number of hydrogen-bond donors (Lipinski definition) is 0. The molecule has 1 rings (SSSR count). The standard InChI is InChI=1S/C6H3N3O7.2K.H/c10-6-4(8(13)14)1-3(7(11)12)2-5(6)9(15)16;;;/h1-2,10H;;;/q;2*+1;-1/p-1. The summed E-state index contributed by atoms with van der Waals surface area (Å²) in [6.07, 6.45) is 0. The van der Waals surface area contributed by atoms with Gasteiger partial charge in [-0.1, -0.05) is 0 Å². The molecule has 10 nitrogen and oxygen atoms in total. The van der Waals surface area contributed by atoms with E-state index >= 15 is 0 Å². The summed E-state index contributed by atoms with van der Waals surface area (Å²) in [5.41, 5.74) is -3.26. The van der Waals surface area contributed by atoms with Gasteiger partial charge in [0.15, 0.2) is 0 Å². The molecule has 18 heavy (non-hydrogen) atoms. The number of non-ortho nitro benzene ring substituents is 1. The maximum atomic E-state index is 11.1. The van der Waals surface area contributed by atoms with Crippen molar-refractivity contribution in [2.24, 2.45) is 0 Å². The van der Waals surface area contributed by atoms with Gasteiger partial charge in [-0.05, 0) is 0 Å². The first-order chi connectivity index (χ1) is 7.34. The van der Waals surface area contributed by atoms with Gasteiger partial charge in [-0.25, -0.2) is 0 Å². The van der Waals surface area contributed by atoms with E-state index in [1.165, 1.54) is 0 Å². The molecule has 0 saturated heterocycles. The molecular formula is C6H3K2N3O7. The SMILES string of the molecule is O=[N+]([O-])c1cc([N+](=O)[O-])c([O-])c([N+](=O)[O-])c1.[H-].[K+].[K+]. The molecule has 0 radical (unpaired) electrons. The van der Waals surface area contributed by atoms with E-state index in [0.717, 1.165) is 0 Å². The van der Waals surface area contributed by atoms with Gasteiger partial charge in [0.25, 0.3) is 17.1 Å². The monoisotopic (exact) mass is 307 g/mol. The summed E-state index contributed by atoms with van der Waals surface area (Å²) >= 11 is 0. The molecule has 0 unspecified atom stereocenters. The van der Waals surface area contributed by atoms with Gasteiger partial charge >= 0.3 is 103 Å². The van der Waals surface area contributed by atoms with Crippen molar-refractivity contribution in [3.8, 4) is 5.75 Å². The zero-order chi connectivity index (χ0) is 12.5. The van der Waals surface area contributed by atoms with E-state index in [9.17, 15) is 35.4 Å². The Kier molecular flexibility index (Phi) is 9.96. The van der Waals surface area contributed by atoms with Crippen LogP contribution in [-0.4, -0.2) is 14.8 Å². The maximum Gasteiger partial charge on any atom is 1.00 e. The normalized spacial score (nSPS) is 8.67. The second-order valence-electron chi connectivity index (χ2n) is 2.58. The smallest absolute Gasteiger partial charge is 1.00 e. The number of nitrogens with zero attached hydrogens (tertiary/aromatic N) is 3. The number of nitro benzene ring substituents is 3. The minimum atomic E-state index is -1.46. The van der Waals surface area contributed by atoms with Crippen LogP contribution in [0.3, 0.4) is 0 Å². The Morgan fingerprint density at radius 3 is 1.39 bits per heavy atom. The first kappa shape index (κ1) is 20.8. The average Bonchev–Trinajstić information content (AvgIpc) is 2.16. The maximum absolute atomic E-state index is 11.1. The Bertz CT molecular complexity index is 477. The van der Waals surface area contributed by atoms with E-state index in [1.807, 2.05) is 0 Å². The largest absolute Gasteiger partial charge is 1.00 e. The van der Waals surface area contributed by atoms with Gasteiger partial charge in [-0.3, -0.25) is 30.3 Å². The summed E-state index contributed by atoms with van der Waals surface area (Å²) in [5, 5.41) is 42.1. The molecule has 0 aliphatic rings. The van der Waals surface area contributed by atoms with E-state index < -0.39 is 37.6 Å². The summed E-state index contributed by atoms with van der Waals surface area (Å²) in [7, 11) is 0. The minimum Gasteiger partial charge on any atom is -1.00 e. The molecule has 0 aromatic heterocycles. The molecule has 0 aliphatic carbocycles. The minimum absolute atomic E-state index is 0. The van der Waals surface area contributed by atoms with E-state index in [0.29, 0.717) is 12.1 Å². The molecule has 0 amide bonds. The quantitative estimate of drug-likeness (QED) is 0.307. The van der Waals surface area contributed by atoms with Crippen LogP contribution >= 0.6 is 0 Å². The second kappa shape index (κ2) is 8.62. The molecule has 0 saturated carbocycles. The summed E-state index contributed by atoms with van der Waals surface area (Å²) in [6.45, 7) is 0. The fourth-order valence-electron chi connectivity index (χ4n) is 0.961. The van der Waals surface area contributed by atoms with E-state index in [-0.39, 0.29) is 104 Å². The molecule has 86 valence electrons. The predicted octanol–water partition coefficient (Wildman–Crippen LogP) is -5.39. The van der Waals surface area contributed by atoms with E-state index in [1.54, 1.807) is 0 Å². The van der Waals surface area contributed by atoms with Crippen LogP contribution in [0.4, 0.5) is 17.1 Å². The predicted molar refractivity (Wildman–Crippen MR) is 47.0 cm³/mol. The Morgan fingerprint density at radius 2 is 1.17 bits per heavy atom. The third-order valence-electron chi connectivity index (χ3n) is 1.64. The van der Waals surface area contributed by atoms with Gasteiger partial charge in [-0.2, -0.15) is 0 Å². The summed E-state index contributed by atoms with van der Waals surface area (Å²) < 4.78 is 0. The fraction of sp³-hybridized carbons (Fsp3) is 0. The molecule has 0 N–H and O–H groups in total. The number of rotatable bonds is 3. The second-order valence-corrected chi connectivity index (χ2v) is 2.58. The molecule has 0 fully saturated rings. The molecule has 1 aromatic carbocycles. The summed E-state index contributed by atoms with van der Waals surface area (Å²) in [4.78, 5) is 27.5. The molecule has 0 bridgehead atoms. The number of benzene rings is 1. The van der Waals surface area contributed by atoms with Crippen LogP contribution < -0.4 is 108 Å². The van der Waals surface area contributed by atoms with Gasteiger partial charge in [0.05, 0.1) is 32.7 Å². The van der Waals surface area contributed by atoms with Crippen LogP contribution in [0.2, 0.25) is 0 Å². The van der Waals surface area contributed by atoms with Gasteiger partial charge < -0.3 is 6.53 Å². The summed E-state index contributed by atoms with van der Waals surface area (Å²) in [6, 6.07) is 0.769. The Balaban J connectivity index is -0.000000853. The third-order valence-corrected chi connectivity index (χ3v) is 1.64. The van der Waals surface area contributed by atoms with Crippen molar-refractivity contribution >= 4 is 17.1 Å². The molecule has 0 heterocycles. The Hall–Kier alpha value is 0.493. The number of nitro groups is 3. The van der Waals surface area contributed by atoms with Gasteiger partial charge in [-0.15, -0.1) is 0 Å². The average molecular weight is 307 g/mol. The third kappa shape index (κ3) is 4.88. The van der Waals surface area contributed by atoms with Crippen molar-refractivity contribution < 1.29 is 124 Å². The topological polar surface area (TPSA) is 152 Å². The van der Waals surface area contributed by atoms with Gasteiger partial charge in [0, 0.05) is 0 Å². The van der Waals surface area contributed by atoms with E-state index in [4.69, 9.17) is 0 Å². The van der Waals surface area contributed by atoms with Crippen LogP contribution in [0.5, 0.6) is 5.75 Å². The number of hydrogen-bond acceptors (Lipinski definition) is 7. The molecule has 0 spiro atoms. The zero-order valence-corrected chi connectivity index (χ0v) is 15.6. The first-order valence-electron chi connectivity index (χ1n) is 3.63. The molecule has 12 heteroatoms. The zero-order valence-electron chi connectivity index (χ0n) is 10.4. The van der Waals surface area contributed by atoms with Crippen LogP contribution in [-0.2, 0) is 0 Å². The van der Waals surface area contributed by atoms with Crippen molar-refractivity contribution in [2.75, 3.05) is 0 Å².